The lowest BCUT2D eigenvalue weighted by atomic mass is 10.0. The van der Waals surface area contributed by atoms with Gasteiger partial charge in [0.05, 0.1) is 4.90 Å². The molecule has 7 heteroatoms. The molecule has 0 saturated carbocycles. The van der Waals surface area contributed by atoms with Crippen molar-refractivity contribution in [3.8, 4) is 0 Å². The lowest BCUT2D eigenvalue weighted by Crippen LogP contribution is -2.43. The molecule has 3 nitrogen and oxygen atoms in total. The van der Waals surface area contributed by atoms with E-state index in [1.54, 1.807) is 0 Å². The third-order valence-electron chi connectivity index (χ3n) is 3.29. The summed E-state index contributed by atoms with van der Waals surface area (Å²) in [7, 11) is -3.79. The molecule has 0 spiro atoms. The molecule has 106 valence electrons. The van der Waals surface area contributed by atoms with Crippen LogP contribution in [0, 0.1) is 17.6 Å². The summed E-state index contributed by atoms with van der Waals surface area (Å²) in [6, 6.07) is 2.60. The highest BCUT2D eigenvalue weighted by molar-refractivity contribution is 7.89. The molecule has 1 heterocycles. The van der Waals surface area contributed by atoms with Gasteiger partial charge >= 0.3 is 0 Å². The molecule has 2 atom stereocenters. The van der Waals surface area contributed by atoms with Crippen molar-refractivity contribution in [1.29, 1.82) is 0 Å². The maximum Gasteiger partial charge on any atom is 0.243 e. The minimum Gasteiger partial charge on any atom is -0.207 e. The Kier molecular flexibility index (Phi) is 4.13. The van der Waals surface area contributed by atoms with Crippen LogP contribution in [0.15, 0.2) is 23.1 Å². The predicted molar refractivity (Wildman–Crippen MR) is 68.5 cm³/mol. The summed E-state index contributed by atoms with van der Waals surface area (Å²) in [6.45, 7) is 2.44. The van der Waals surface area contributed by atoms with Gasteiger partial charge < -0.3 is 0 Å². The molecule has 1 aliphatic heterocycles. The van der Waals surface area contributed by atoms with Crippen molar-refractivity contribution in [2.75, 3.05) is 13.1 Å². The summed E-state index contributed by atoms with van der Waals surface area (Å²) in [5.41, 5.74) is 0. The fourth-order valence-electron chi connectivity index (χ4n) is 2.08. The molecule has 2 unspecified atom stereocenters. The van der Waals surface area contributed by atoms with Crippen LogP contribution < -0.4 is 0 Å². The molecule has 19 heavy (non-hydrogen) atoms. The second-order valence-electron chi connectivity index (χ2n) is 4.72. The highest BCUT2D eigenvalue weighted by Gasteiger charge is 2.32. The molecule has 1 aliphatic rings. The average Bonchev–Trinajstić information content (AvgIpc) is 2.35. The quantitative estimate of drug-likeness (QED) is 0.788. The van der Waals surface area contributed by atoms with Crippen molar-refractivity contribution in [3.63, 3.8) is 0 Å². The smallest absolute Gasteiger partial charge is 0.207 e. The molecule has 1 fully saturated rings. The van der Waals surface area contributed by atoms with E-state index in [0.29, 0.717) is 19.0 Å². The van der Waals surface area contributed by atoms with Crippen LogP contribution in [-0.2, 0) is 10.0 Å². The number of hydrogen-bond donors (Lipinski definition) is 0. The van der Waals surface area contributed by atoms with Crippen LogP contribution in [0.25, 0.3) is 0 Å². The minimum atomic E-state index is -3.79. The SMILES string of the molecule is CC1CN(S(=O)(=O)c2ccc(F)c(F)c2)CCC1Cl. The first-order chi connectivity index (χ1) is 8.82. The highest BCUT2D eigenvalue weighted by Crippen LogP contribution is 2.27. The van der Waals surface area contributed by atoms with Gasteiger partial charge in [0.2, 0.25) is 10.0 Å². The summed E-state index contributed by atoms with van der Waals surface area (Å²) in [5, 5.41) is -0.0589. The first kappa shape index (κ1) is 14.7. The fraction of sp³-hybridized carbons (Fsp3) is 0.500. The van der Waals surface area contributed by atoms with E-state index in [4.69, 9.17) is 11.6 Å². The van der Waals surface area contributed by atoms with Gasteiger partial charge in [0.1, 0.15) is 0 Å². The van der Waals surface area contributed by atoms with Crippen molar-refractivity contribution in [2.45, 2.75) is 23.6 Å². The molecule has 0 bridgehead atoms. The van der Waals surface area contributed by atoms with E-state index in [-0.39, 0.29) is 22.7 Å². The molecule has 0 N–H and O–H groups in total. The van der Waals surface area contributed by atoms with Gasteiger partial charge in [-0.1, -0.05) is 6.92 Å². The van der Waals surface area contributed by atoms with Gasteiger partial charge in [-0.2, -0.15) is 4.31 Å². The van der Waals surface area contributed by atoms with Crippen LogP contribution in [0.1, 0.15) is 13.3 Å². The zero-order chi connectivity index (χ0) is 14.2. The molecule has 1 aromatic carbocycles. The van der Waals surface area contributed by atoms with Gasteiger partial charge in [0.15, 0.2) is 11.6 Å². The predicted octanol–water partition coefficient (Wildman–Crippen LogP) is 2.60. The Balaban J connectivity index is 2.29. The van der Waals surface area contributed by atoms with Gasteiger partial charge in [-0.3, -0.25) is 0 Å². The maximum atomic E-state index is 13.1. The monoisotopic (exact) mass is 309 g/mol. The van der Waals surface area contributed by atoms with E-state index in [1.165, 1.54) is 4.31 Å². The number of alkyl halides is 1. The van der Waals surface area contributed by atoms with Crippen molar-refractivity contribution >= 4 is 21.6 Å². The summed E-state index contributed by atoms with van der Waals surface area (Å²) >= 11 is 6.04. The van der Waals surface area contributed by atoms with E-state index in [0.717, 1.165) is 12.1 Å². The van der Waals surface area contributed by atoms with E-state index >= 15 is 0 Å². The number of rotatable bonds is 2. The zero-order valence-corrected chi connectivity index (χ0v) is 11.9. The van der Waals surface area contributed by atoms with E-state index < -0.39 is 21.7 Å². The first-order valence-corrected chi connectivity index (χ1v) is 7.79. The number of halogens is 3. The molecule has 2 rings (SSSR count). The Hall–Kier alpha value is -0.720. The second kappa shape index (κ2) is 5.34. The molecule has 0 aromatic heterocycles. The third kappa shape index (κ3) is 2.90. The summed E-state index contributed by atoms with van der Waals surface area (Å²) < 4.78 is 51.8. The van der Waals surface area contributed by atoms with Gasteiger partial charge in [-0.25, -0.2) is 17.2 Å². The highest BCUT2D eigenvalue weighted by atomic mass is 35.5. The normalized spacial score (nSPS) is 25.5. The molecule has 0 aliphatic carbocycles. The van der Waals surface area contributed by atoms with E-state index in [2.05, 4.69) is 0 Å². The molecule has 0 amide bonds. The van der Waals surface area contributed by atoms with Crippen molar-refractivity contribution in [1.82, 2.24) is 4.31 Å². The fourth-order valence-corrected chi connectivity index (χ4v) is 3.83. The number of nitrogens with zero attached hydrogens (tertiary/aromatic N) is 1. The number of piperidine rings is 1. The van der Waals surface area contributed by atoms with Crippen LogP contribution in [0.5, 0.6) is 0 Å². The first-order valence-electron chi connectivity index (χ1n) is 5.91. The van der Waals surface area contributed by atoms with E-state index in [9.17, 15) is 17.2 Å². The zero-order valence-electron chi connectivity index (χ0n) is 10.3. The molecule has 0 radical (unpaired) electrons. The van der Waals surface area contributed by atoms with Crippen LogP contribution in [-0.4, -0.2) is 31.2 Å². The van der Waals surface area contributed by atoms with Gasteiger partial charge in [-0.15, -0.1) is 11.6 Å². The largest absolute Gasteiger partial charge is 0.243 e. The summed E-state index contributed by atoms with van der Waals surface area (Å²) in [5.74, 6) is -2.20. The number of sulfonamides is 1. The Bertz CT molecular complexity index is 579. The van der Waals surface area contributed by atoms with Crippen molar-refractivity contribution in [2.24, 2.45) is 5.92 Å². The van der Waals surface area contributed by atoms with Crippen molar-refractivity contribution in [3.05, 3.63) is 29.8 Å². The van der Waals surface area contributed by atoms with Crippen LogP contribution in [0.3, 0.4) is 0 Å². The second-order valence-corrected chi connectivity index (χ2v) is 7.22. The lowest BCUT2D eigenvalue weighted by molar-refractivity contribution is 0.286. The lowest BCUT2D eigenvalue weighted by Gasteiger charge is -2.33. The van der Waals surface area contributed by atoms with Gasteiger partial charge in [0, 0.05) is 18.5 Å². The Morgan fingerprint density at radius 3 is 2.58 bits per heavy atom. The summed E-state index contributed by atoms with van der Waals surface area (Å²) in [4.78, 5) is -0.230. The maximum absolute atomic E-state index is 13.1. The standard InChI is InChI=1S/C12H14ClF2NO2S/c1-8-7-16(5-4-10(8)13)19(17,18)9-2-3-11(14)12(15)6-9/h2-3,6,8,10H,4-5,7H2,1H3. The number of benzene rings is 1. The Morgan fingerprint density at radius 1 is 1.32 bits per heavy atom. The van der Waals surface area contributed by atoms with Crippen molar-refractivity contribution < 1.29 is 17.2 Å². The molecular weight excluding hydrogens is 296 g/mol. The summed E-state index contributed by atoms with van der Waals surface area (Å²) in [6.07, 6.45) is 0.547. The minimum absolute atomic E-state index is 0.0236. The van der Waals surface area contributed by atoms with Gasteiger partial charge in [-0.05, 0) is 30.5 Å². The van der Waals surface area contributed by atoms with E-state index in [1.807, 2.05) is 6.92 Å². The molecule has 1 aromatic rings. The third-order valence-corrected chi connectivity index (χ3v) is 5.80. The topological polar surface area (TPSA) is 37.4 Å². The molecular formula is C12H14ClF2NO2S. The Morgan fingerprint density at radius 2 is 2.00 bits per heavy atom. The van der Waals surface area contributed by atoms with Crippen LogP contribution >= 0.6 is 11.6 Å². The van der Waals surface area contributed by atoms with Gasteiger partial charge in [0.25, 0.3) is 0 Å². The molecule has 1 saturated heterocycles. The average molecular weight is 310 g/mol. The van der Waals surface area contributed by atoms with Crippen LogP contribution in [0.4, 0.5) is 8.78 Å². The Labute approximate surface area is 116 Å². The number of hydrogen-bond acceptors (Lipinski definition) is 2. The van der Waals surface area contributed by atoms with Crippen LogP contribution in [0.2, 0.25) is 0 Å².